The van der Waals surface area contributed by atoms with E-state index in [1.807, 2.05) is 0 Å². The molecule has 0 aliphatic rings. The summed E-state index contributed by atoms with van der Waals surface area (Å²) in [5, 5.41) is 13.6. The van der Waals surface area contributed by atoms with Crippen LogP contribution < -0.4 is 0 Å². The van der Waals surface area contributed by atoms with Crippen LogP contribution in [-0.4, -0.2) is 25.8 Å². The van der Waals surface area contributed by atoms with Crippen LogP contribution in [0, 0.1) is 12.7 Å². The number of pyridine rings is 1. The quantitative estimate of drug-likeness (QED) is 0.516. The van der Waals surface area contributed by atoms with E-state index in [9.17, 15) is 18.0 Å². The number of carboxylic acid groups (broad SMARTS) is 1. The van der Waals surface area contributed by atoms with Crippen LogP contribution >= 0.6 is 0 Å². The van der Waals surface area contributed by atoms with Gasteiger partial charge in [0.25, 0.3) is 6.43 Å². The number of carboxylic acids is 1. The predicted molar refractivity (Wildman–Crippen MR) is 101 cm³/mol. The van der Waals surface area contributed by atoms with E-state index in [2.05, 4.69) is 10.1 Å². The summed E-state index contributed by atoms with van der Waals surface area (Å²) in [5.74, 6) is -1.52. The number of hydrogen-bond acceptors (Lipinski definition) is 3. The summed E-state index contributed by atoms with van der Waals surface area (Å²) in [6.45, 7) is 1.61. The molecule has 0 saturated carbocycles. The maximum absolute atomic E-state index is 13.8. The molecule has 2 heterocycles. The van der Waals surface area contributed by atoms with Gasteiger partial charge in [-0.2, -0.15) is 5.10 Å². The molecule has 0 bridgehead atoms. The number of aryl methyl sites for hydroxylation is 1. The lowest BCUT2D eigenvalue weighted by atomic mass is 10.1. The zero-order valence-corrected chi connectivity index (χ0v) is 15.1. The largest absolute Gasteiger partial charge is 0.478 e. The normalized spacial score (nSPS) is 11.3. The van der Waals surface area contributed by atoms with E-state index in [4.69, 9.17) is 5.11 Å². The molecular formula is C21H14F3N3O2. The first-order valence-corrected chi connectivity index (χ1v) is 8.63. The number of carbonyl (C=O) groups is 1. The molecule has 0 spiro atoms. The lowest BCUT2D eigenvalue weighted by molar-refractivity contribution is 0.0697. The highest BCUT2D eigenvalue weighted by molar-refractivity contribution is 5.89. The average molecular weight is 397 g/mol. The molecule has 2 aromatic heterocycles. The van der Waals surface area contributed by atoms with E-state index in [0.29, 0.717) is 16.9 Å². The molecule has 4 rings (SSSR count). The third-order valence-electron chi connectivity index (χ3n) is 4.58. The van der Waals surface area contributed by atoms with Gasteiger partial charge in [-0.25, -0.2) is 27.6 Å². The van der Waals surface area contributed by atoms with E-state index in [1.54, 1.807) is 6.92 Å². The van der Waals surface area contributed by atoms with Crippen LogP contribution in [0.2, 0.25) is 0 Å². The lowest BCUT2D eigenvalue weighted by Crippen LogP contribution is -2.01. The smallest absolute Gasteiger partial charge is 0.335 e. The molecule has 0 unspecified atom stereocenters. The van der Waals surface area contributed by atoms with E-state index in [1.165, 1.54) is 59.3 Å². The first-order chi connectivity index (χ1) is 13.8. The average Bonchev–Trinajstić information content (AvgIpc) is 3.04. The van der Waals surface area contributed by atoms with Crippen LogP contribution in [0.5, 0.6) is 0 Å². The van der Waals surface area contributed by atoms with Crippen molar-refractivity contribution in [1.29, 1.82) is 0 Å². The number of benzene rings is 2. The third-order valence-corrected chi connectivity index (χ3v) is 4.58. The molecule has 0 radical (unpaired) electrons. The van der Waals surface area contributed by atoms with Gasteiger partial charge >= 0.3 is 5.97 Å². The molecule has 5 nitrogen and oxygen atoms in total. The fourth-order valence-corrected chi connectivity index (χ4v) is 3.19. The maximum atomic E-state index is 13.8. The van der Waals surface area contributed by atoms with Gasteiger partial charge in [0.05, 0.1) is 28.0 Å². The van der Waals surface area contributed by atoms with Crippen molar-refractivity contribution in [3.63, 3.8) is 0 Å². The Morgan fingerprint density at radius 3 is 2.31 bits per heavy atom. The lowest BCUT2D eigenvalue weighted by Gasteiger charge is -2.09. The van der Waals surface area contributed by atoms with Crippen molar-refractivity contribution in [1.82, 2.24) is 14.8 Å². The summed E-state index contributed by atoms with van der Waals surface area (Å²) in [7, 11) is 0. The fraction of sp³-hybridized carbons (Fsp3) is 0.0952. The van der Waals surface area contributed by atoms with Crippen LogP contribution in [0.4, 0.5) is 13.2 Å². The molecule has 8 heteroatoms. The Morgan fingerprint density at radius 1 is 1.07 bits per heavy atom. The number of nitrogens with zero attached hydrogens (tertiary/aromatic N) is 3. The van der Waals surface area contributed by atoms with Gasteiger partial charge in [0.2, 0.25) is 0 Å². The second-order valence-electron chi connectivity index (χ2n) is 6.45. The first-order valence-electron chi connectivity index (χ1n) is 8.63. The van der Waals surface area contributed by atoms with Crippen molar-refractivity contribution in [2.24, 2.45) is 0 Å². The number of rotatable bonds is 4. The van der Waals surface area contributed by atoms with Gasteiger partial charge in [0.15, 0.2) is 5.65 Å². The minimum atomic E-state index is -2.76. The highest BCUT2D eigenvalue weighted by Gasteiger charge is 2.21. The number of aromatic nitrogens is 3. The highest BCUT2D eigenvalue weighted by Crippen LogP contribution is 2.34. The summed E-state index contributed by atoms with van der Waals surface area (Å²) in [6.07, 6.45) is -2.76. The van der Waals surface area contributed by atoms with Gasteiger partial charge < -0.3 is 5.11 Å². The molecule has 0 saturated heterocycles. The van der Waals surface area contributed by atoms with Gasteiger partial charge in [0, 0.05) is 11.1 Å². The van der Waals surface area contributed by atoms with Gasteiger partial charge in [-0.3, -0.25) is 0 Å². The van der Waals surface area contributed by atoms with Crippen LogP contribution in [0.3, 0.4) is 0 Å². The van der Waals surface area contributed by atoms with E-state index >= 15 is 0 Å². The molecule has 0 amide bonds. The Labute approximate surface area is 163 Å². The summed E-state index contributed by atoms with van der Waals surface area (Å²) in [6, 6.07) is 12.5. The molecular weight excluding hydrogens is 383 g/mol. The molecule has 1 N–H and O–H groups in total. The van der Waals surface area contributed by atoms with Gasteiger partial charge in [-0.15, -0.1) is 0 Å². The summed E-state index contributed by atoms with van der Waals surface area (Å²) >= 11 is 0. The minimum absolute atomic E-state index is 0.0927. The van der Waals surface area contributed by atoms with Crippen molar-refractivity contribution in [2.75, 3.05) is 0 Å². The van der Waals surface area contributed by atoms with E-state index in [0.717, 1.165) is 0 Å². The van der Waals surface area contributed by atoms with E-state index in [-0.39, 0.29) is 27.9 Å². The summed E-state index contributed by atoms with van der Waals surface area (Å²) in [5.41, 5.74) is 1.68. The van der Waals surface area contributed by atoms with Crippen molar-refractivity contribution in [3.05, 3.63) is 77.2 Å². The molecule has 0 fully saturated rings. The molecule has 0 atom stereocenters. The fourth-order valence-electron chi connectivity index (χ4n) is 3.19. The topological polar surface area (TPSA) is 68.0 Å². The van der Waals surface area contributed by atoms with Crippen molar-refractivity contribution in [3.8, 4) is 16.9 Å². The SMILES string of the molecule is Cc1nn(-c2ccc(C(=O)O)cc2)c2nc(-c3ccc(F)cc3)cc(C(F)F)c12. The van der Waals surface area contributed by atoms with Crippen LogP contribution in [0.25, 0.3) is 28.0 Å². The molecule has 0 aliphatic heterocycles. The van der Waals surface area contributed by atoms with E-state index < -0.39 is 18.2 Å². The van der Waals surface area contributed by atoms with Crippen LogP contribution in [0.15, 0.2) is 54.6 Å². The van der Waals surface area contributed by atoms with Crippen molar-refractivity contribution < 1.29 is 23.1 Å². The van der Waals surface area contributed by atoms with Gasteiger partial charge in [-0.1, -0.05) is 0 Å². The Bertz CT molecular complexity index is 1220. The molecule has 146 valence electrons. The zero-order chi connectivity index (χ0) is 20.7. The second-order valence-corrected chi connectivity index (χ2v) is 6.45. The van der Waals surface area contributed by atoms with Crippen LogP contribution in [-0.2, 0) is 0 Å². The molecule has 29 heavy (non-hydrogen) atoms. The third kappa shape index (κ3) is 3.33. The zero-order valence-electron chi connectivity index (χ0n) is 15.1. The Hall–Kier alpha value is -3.68. The number of halogens is 3. The number of hydrogen-bond donors (Lipinski definition) is 1. The number of alkyl halides is 2. The van der Waals surface area contributed by atoms with Gasteiger partial charge in [0.1, 0.15) is 5.82 Å². The Morgan fingerprint density at radius 2 is 1.72 bits per heavy atom. The standard InChI is InChI=1S/C21H14F3N3O2/c1-11-18-16(19(23)24)10-17(12-2-6-14(22)7-3-12)25-20(18)27(26-11)15-8-4-13(5-9-15)21(28)29/h2-10,19H,1H3,(H,28,29). The van der Waals surface area contributed by atoms with Crippen LogP contribution in [0.1, 0.15) is 28.0 Å². The first kappa shape index (κ1) is 18.7. The number of fused-ring (bicyclic) bond motifs is 1. The summed E-state index contributed by atoms with van der Waals surface area (Å²) < 4.78 is 42.2. The minimum Gasteiger partial charge on any atom is -0.478 e. The highest BCUT2D eigenvalue weighted by atomic mass is 19.3. The summed E-state index contributed by atoms with van der Waals surface area (Å²) in [4.78, 5) is 15.6. The second kappa shape index (κ2) is 7.05. The molecule has 0 aliphatic carbocycles. The molecule has 4 aromatic rings. The maximum Gasteiger partial charge on any atom is 0.335 e. The molecule has 2 aromatic carbocycles. The monoisotopic (exact) mass is 397 g/mol. The predicted octanol–water partition coefficient (Wildman–Crippen LogP) is 5.17. The van der Waals surface area contributed by atoms with Crippen molar-refractivity contribution in [2.45, 2.75) is 13.3 Å². The van der Waals surface area contributed by atoms with Gasteiger partial charge in [-0.05, 0) is 61.5 Å². The van der Waals surface area contributed by atoms with Crippen molar-refractivity contribution >= 4 is 17.0 Å². The Balaban J connectivity index is 1.96. The number of aromatic carboxylic acids is 1. The Kier molecular flexibility index (Phi) is 4.54.